The fraction of sp³-hybridized carbons (Fsp3) is 0.167. The van der Waals surface area contributed by atoms with Crippen LogP contribution in [0.4, 0.5) is 5.82 Å². The number of aromatic nitrogens is 2. The fourth-order valence-corrected chi connectivity index (χ4v) is 1.63. The van der Waals surface area contributed by atoms with Crippen molar-refractivity contribution in [1.82, 2.24) is 9.78 Å². The molecule has 0 amide bonds. The molecule has 0 saturated heterocycles. The van der Waals surface area contributed by atoms with Gasteiger partial charge in [0.1, 0.15) is 0 Å². The van der Waals surface area contributed by atoms with Crippen molar-refractivity contribution in [3.05, 3.63) is 57.8 Å². The lowest BCUT2D eigenvalue weighted by Crippen LogP contribution is -2.03. The highest BCUT2D eigenvalue weighted by Crippen LogP contribution is 2.08. The molecule has 7 heteroatoms. The topological polar surface area (TPSA) is 98.3 Å². The number of nitrogens with zero attached hydrogens (tertiary/aromatic N) is 3. The molecule has 19 heavy (non-hydrogen) atoms. The first-order chi connectivity index (χ1) is 9.06. The SMILES string of the molecule is O=C(O)c1ccc(CCn2ccc([N+](=O)[O-])n2)cc1. The van der Waals surface area contributed by atoms with E-state index < -0.39 is 10.9 Å². The zero-order valence-corrected chi connectivity index (χ0v) is 9.89. The number of nitro groups is 1. The van der Waals surface area contributed by atoms with E-state index in [-0.39, 0.29) is 11.4 Å². The van der Waals surface area contributed by atoms with E-state index in [4.69, 9.17) is 5.11 Å². The summed E-state index contributed by atoms with van der Waals surface area (Å²) < 4.78 is 1.49. The number of benzene rings is 1. The summed E-state index contributed by atoms with van der Waals surface area (Å²) in [5.74, 6) is -1.14. The maximum atomic E-state index is 10.7. The second-order valence-corrected chi connectivity index (χ2v) is 3.95. The lowest BCUT2D eigenvalue weighted by atomic mass is 10.1. The molecule has 0 aliphatic carbocycles. The summed E-state index contributed by atoms with van der Waals surface area (Å²) in [5.41, 5.74) is 1.18. The van der Waals surface area contributed by atoms with Crippen LogP contribution in [0.25, 0.3) is 0 Å². The minimum atomic E-state index is -0.964. The van der Waals surface area contributed by atoms with E-state index in [0.717, 1.165) is 5.56 Å². The van der Waals surface area contributed by atoms with Crippen LogP contribution in [-0.4, -0.2) is 25.8 Å². The van der Waals surface area contributed by atoms with Gasteiger partial charge >= 0.3 is 11.8 Å². The molecule has 1 aromatic carbocycles. The zero-order chi connectivity index (χ0) is 13.8. The van der Waals surface area contributed by atoms with E-state index in [1.165, 1.54) is 22.9 Å². The summed E-state index contributed by atoms with van der Waals surface area (Å²) in [6.07, 6.45) is 2.17. The Morgan fingerprint density at radius 3 is 2.53 bits per heavy atom. The normalized spacial score (nSPS) is 10.3. The third-order valence-corrected chi connectivity index (χ3v) is 2.64. The number of carbonyl (C=O) groups is 1. The lowest BCUT2D eigenvalue weighted by molar-refractivity contribution is -0.389. The van der Waals surface area contributed by atoms with E-state index in [9.17, 15) is 14.9 Å². The third-order valence-electron chi connectivity index (χ3n) is 2.64. The van der Waals surface area contributed by atoms with Crippen molar-refractivity contribution in [2.24, 2.45) is 0 Å². The maximum Gasteiger partial charge on any atom is 0.389 e. The molecule has 1 N–H and O–H groups in total. The Balaban J connectivity index is 1.97. The average Bonchev–Trinajstić information content (AvgIpc) is 2.86. The molecule has 0 bridgehead atoms. The summed E-state index contributed by atoms with van der Waals surface area (Å²) in [6.45, 7) is 0.500. The van der Waals surface area contributed by atoms with Crippen LogP contribution in [0.3, 0.4) is 0 Å². The summed E-state index contributed by atoms with van der Waals surface area (Å²) in [6, 6.07) is 7.85. The van der Waals surface area contributed by atoms with Crippen molar-refractivity contribution in [2.45, 2.75) is 13.0 Å². The standard InChI is InChI=1S/C12H11N3O4/c16-12(17)10-3-1-9(2-4-10)5-7-14-8-6-11(13-14)15(18)19/h1-4,6,8H,5,7H2,(H,16,17). The Morgan fingerprint density at radius 2 is 2.00 bits per heavy atom. The van der Waals surface area contributed by atoms with E-state index in [2.05, 4.69) is 5.10 Å². The van der Waals surface area contributed by atoms with Crippen LogP contribution >= 0.6 is 0 Å². The lowest BCUT2D eigenvalue weighted by Gasteiger charge is -2.00. The highest BCUT2D eigenvalue weighted by atomic mass is 16.6. The maximum absolute atomic E-state index is 10.7. The van der Waals surface area contributed by atoms with Crippen molar-refractivity contribution in [3.8, 4) is 0 Å². The number of carboxylic acids is 1. The first-order valence-electron chi connectivity index (χ1n) is 5.56. The van der Waals surface area contributed by atoms with Crippen molar-refractivity contribution in [1.29, 1.82) is 0 Å². The van der Waals surface area contributed by atoms with E-state index in [1.54, 1.807) is 18.3 Å². The van der Waals surface area contributed by atoms with Crippen LogP contribution in [0.1, 0.15) is 15.9 Å². The number of rotatable bonds is 5. The number of aryl methyl sites for hydroxylation is 2. The van der Waals surface area contributed by atoms with Gasteiger partial charge in [-0.3, -0.25) is 0 Å². The van der Waals surface area contributed by atoms with Crippen LogP contribution in [-0.2, 0) is 13.0 Å². The molecule has 0 saturated carbocycles. The highest BCUT2D eigenvalue weighted by Gasteiger charge is 2.10. The van der Waals surface area contributed by atoms with Crippen molar-refractivity contribution in [2.75, 3.05) is 0 Å². The van der Waals surface area contributed by atoms with Gasteiger partial charge < -0.3 is 15.2 Å². The minimum Gasteiger partial charge on any atom is -0.478 e. The van der Waals surface area contributed by atoms with Gasteiger partial charge in [-0.05, 0) is 29.0 Å². The Kier molecular flexibility index (Phi) is 3.56. The summed E-state index contributed by atoms with van der Waals surface area (Å²) in [5, 5.41) is 23.0. The van der Waals surface area contributed by atoms with Crippen LogP contribution in [0.2, 0.25) is 0 Å². The number of carboxylic acid groups (broad SMARTS) is 1. The smallest absolute Gasteiger partial charge is 0.389 e. The Bertz CT molecular complexity index is 604. The molecule has 98 valence electrons. The van der Waals surface area contributed by atoms with Gasteiger partial charge in [0, 0.05) is 0 Å². The fourth-order valence-electron chi connectivity index (χ4n) is 1.63. The number of aromatic carboxylic acids is 1. The van der Waals surface area contributed by atoms with Gasteiger partial charge in [0.15, 0.2) is 0 Å². The molecule has 0 radical (unpaired) electrons. The van der Waals surface area contributed by atoms with Crippen molar-refractivity contribution in [3.63, 3.8) is 0 Å². The van der Waals surface area contributed by atoms with Crippen LogP contribution in [0.15, 0.2) is 36.5 Å². The van der Waals surface area contributed by atoms with Gasteiger partial charge in [0.2, 0.25) is 0 Å². The Morgan fingerprint density at radius 1 is 1.32 bits per heavy atom. The molecule has 2 aromatic rings. The number of hydrogen-bond donors (Lipinski definition) is 1. The molecular formula is C12H11N3O4. The van der Waals surface area contributed by atoms with Crippen LogP contribution in [0.5, 0.6) is 0 Å². The molecule has 0 aliphatic rings. The number of hydrogen-bond acceptors (Lipinski definition) is 4. The predicted molar refractivity (Wildman–Crippen MR) is 66.0 cm³/mol. The Labute approximate surface area is 108 Å². The van der Waals surface area contributed by atoms with Crippen molar-refractivity contribution < 1.29 is 14.8 Å². The molecule has 1 aromatic heterocycles. The van der Waals surface area contributed by atoms with E-state index in [1.807, 2.05) is 0 Å². The monoisotopic (exact) mass is 261 g/mol. The van der Waals surface area contributed by atoms with Crippen molar-refractivity contribution >= 4 is 11.8 Å². The molecule has 7 nitrogen and oxygen atoms in total. The van der Waals surface area contributed by atoms with Gasteiger partial charge in [-0.2, -0.15) is 4.68 Å². The summed E-state index contributed by atoms with van der Waals surface area (Å²) in [4.78, 5) is 20.6. The van der Waals surface area contributed by atoms with E-state index >= 15 is 0 Å². The minimum absolute atomic E-state index is 0.179. The van der Waals surface area contributed by atoms with Gasteiger partial charge in [0.05, 0.1) is 29.5 Å². The van der Waals surface area contributed by atoms with Gasteiger partial charge in [-0.25, -0.2) is 4.79 Å². The molecule has 0 spiro atoms. The van der Waals surface area contributed by atoms with Gasteiger partial charge in [-0.15, -0.1) is 0 Å². The van der Waals surface area contributed by atoms with Gasteiger partial charge in [0.25, 0.3) is 0 Å². The Hall–Kier alpha value is -2.70. The molecule has 0 atom stereocenters. The van der Waals surface area contributed by atoms with E-state index in [0.29, 0.717) is 13.0 Å². The largest absolute Gasteiger partial charge is 0.478 e. The molecule has 1 heterocycles. The summed E-state index contributed by atoms with van der Waals surface area (Å²) >= 11 is 0. The molecular weight excluding hydrogens is 250 g/mol. The average molecular weight is 261 g/mol. The predicted octanol–water partition coefficient (Wildman–Crippen LogP) is 1.73. The molecule has 0 aliphatic heterocycles. The highest BCUT2D eigenvalue weighted by molar-refractivity contribution is 5.87. The second-order valence-electron chi connectivity index (χ2n) is 3.95. The zero-order valence-electron chi connectivity index (χ0n) is 9.89. The molecule has 2 rings (SSSR count). The molecule has 0 unspecified atom stereocenters. The van der Waals surface area contributed by atoms with Crippen LogP contribution in [0, 0.1) is 10.1 Å². The van der Waals surface area contributed by atoms with Crippen LogP contribution < -0.4 is 0 Å². The molecule has 0 fully saturated rings. The first-order valence-corrected chi connectivity index (χ1v) is 5.56. The summed E-state index contributed by atoms with van der Waals surface area (Å²) in [7, 11) is 0. The third kappa shape index (κ3) is 3.15. The second kappa shape index (κ2) is 5.30. The van der Waals surface area contributed by atoms with Gasteiger partial charge in [-0.1, -0.05) is 12.1 Å². The first kappa shape index (κ1) is 12.7. The quantitative estimate of drug-likeness (QED) is 0.652.